The summed E-state index contributed by atoms with van der Waals surface area (Å²) in [7, 11) is 0. The maximum atomic E-state index is 12.5. The first-order valence-electron chi connectivity index (χ1n) is 7.27. The number of hydrogen-bond donors (Lipinski definition) is 2. The second kappa shape index (κ2) is 5.02. The van der Waals surface area contributed by atoms with Crippen molar-refractivity contribution in [3.63, 3.8) is 0 Å². The lowest BCUT2D eigenvalue weighted by Crippen LogP contribution is -2.36. The molecule has 2 bridgehead atoms. The summed E-state index contributed by atoms with van der Waals surface area (Å²) >= 11 is 0. The van der Waals surface area contributed by atoms with Crippen molar-refractivity contribution in [2.24, 2.45) is 23.7 Å². The van der Waals surface area contributed by atoms with Crippen molar-refractivity contribution in [3.05, 3.63) is 24.0 Å². The highest BCUT2D eigenvalue weighted by Crippen LogP contribution is 2.48. The first-order valence-corrected chi connectivity index (χ1v) is 7.27. The van der Waals surface area contributed by atoms with Crippen molar-refractivity contribution in [2.45, 2.75) is 26.8 Å². The fourth-order valence-electron chi connectivity index (χ4n) is 3.62. The standard InChI is InChI=1S/C15H19N3O3/c1-3-18-8(2)11(7-16-18)17-14(19)12-9-4-5-10(6-9)13(12)15(20)21/h4-5,7,9-10,12-13H,3,6H2,1-2H3,(H,17,19)(H,20,21)/t9-,10+,12-,13+/m1/s1. The molecular weight excluding hydrogens is 270 g/mol. The molecule has 6 nitrogen and oxygen atoms in total. The molecule has 6 heteroatoms. The van der Waals surface area contributed by atoms with Crippen LogP contribution in [0.3, 0.4) is 0 Å². The topological polar surface area (TPSA) is 84.2 Å². The summed E-state index contributed by atoms with van der Waals surface area (Å²) in [5.74, 6) is -2.16. The number of nitrogens with one attached hydrogen (secondary N) is 1. The Labute approximate surface area is 122 Å². The fraction of sp³-hybridized carbons (Fsp3) is 0.533. The van der Waals surface area contributed by atoms with Crippen LogP contribution in [-0.4, -0.2) is 26.8 Å². The molecule has 1 aromatic heterocycles. The van der Waals surface area contributed by atoms with Gasteiger partial charge in [-0.15, -0.1) is 0 Å². The Morgan fingerprint density at radius 3 is 2.62 bits per heavy atom. The minimum Gasteiger partial charge on any atom is -0.481 e. The molecule has 2 aliphatic rings. The van der Waals surface area contributed by atoms with E-state index in [0.717, 1.165) is 18.7 Å². The van der Waals surface area contributed by atoms with Crippen molar-refractivity contribution in [3.8, 4) is 0 Å². The molecule has 0 saturated heterocycles. The molecule has 112 valence electrons. The van der Waals surface area contributed by atoms with E-state index in [2.05, 4.69) is 10.4 Å². The van der Waals surface area contributed by atoms with E-state index < -0.39 is 17.8 Å². The van der Waals surface area contributed by atoms with Gasteiger partial charge in [0.15, 0.2) is 0 Å². The maximum absolute atomic E-state index is 12.5. The van der Waals surface area contributed by atoms with Gasteiger partial charge in [0.1, 0.15) is 0 Å². The van der Waals surface area contributed by atoms with Crippen molar-refractivity contribution in [1.29, 1.82) is 0 Å². The molecule has 1 amide bonds. The average Bonchev–Trinajstić information content (AvgIpc) is 3.13. The molecule has 2 N–H and O–H groups in total. The molecule has 1 saturated carbocycles. The van der Waals surface area contributed by atoms with Crippen LogP contribution in [-0.2, 0) is 16.1 Å². The van der Waals surface area contributed by atoms with Crippen LogP contribution in [0, 0.1) is 30.6 Å². The van der Waals surface area contributed by atoms with Crippen LogP contribution in [0.2, 0.25) is 0 Å². The third kappa shape index (κ3) is 2.14. The minimum atomic E-state index is -0.882. The van der Waals surface area contributed by atoms with Gasteiger partial charge in [-0.3, -0.25) is 14.3 Å². The molecule has 1 aromatic rings. The number of aliphatic carboxylic acids is 1. The molecule has 1 heterocycles. The summed E-state index contributed by atoms with van der Waals surface area (Å²) in [4.78, 5) is 24.0. The Bertz CT molecular complexity index is 620. The monoisotopic (exact) mass is 289 g/mol. The van der Waals surface area contributed by atoms with E-state index in [1.54, 1.807) is 10.9 Å². The highest BCUT2D eigenvalue weighted by molar-refractivity contribution is 5.96. The van der Waals surface area contributed by atoms with Gasteiger partial charge in [0.05, 0.1) is 29.4 Å². The predicted molar refractivity (Wildman–Crippen MR) is 76.6 cm³/mol. The molecule has 0 spiro atoms. The number of anilines is 1. The lowest BCUT2D eigenvalue weighted by molar-refractivity contribution is -0.146. The van der Waals surface area contributed by atoms with E-state index in [4.69, 9.17) is 0 Å². The lowest BCUT2D eigenvalue weighted by atomic mass is 9.82. The number of aromatic nitrogens is 2. The van der Waals surface area contributed by atoms with Crippen LogP contribution >= 0.6 is 0 Å². The molecule has 4 atom stereocenters. The summed E-state index contributed by atoms with van der Waals surface area (Å²) < 4.78 is 1.80. The number of amides is 1. The smallest absolute Gasteiger partial charge is 0.307 e. The number of aryl methyl sites for hydroxylation is 1. The van der Waals surface area contributed by atoms with Crippen molar-refractivity contribution in [1.82, 2.24) is 9.78 Å². The third-order valence-corrected chi connectivity index (χ3v) is 4.71. The predicted octanol–water partition coefficient (Wildman–Crippen LogP) is 1.67. The Kier molecular flexibility index (Phi) is 3.31. The van der Waals surface area contributed by atoms with Gasteiger partial charge in [-0.1, -0.05) is 12.2 Å². The molecule has 1 fully saturated rings. The van der Waals surface area contributed by atoms with Gasteiger partial charge in [0.25, 0.3) is 0 Å². The highest BCUT2D eigenvalue weighted by atomic mass is 16.4. The molecule has 3 rings (SSSR count). The number of fused-ring (bicyclic) bond motifs is 2. The van der Waals surface area contributed by atoms with E-state index in [9.17, 15) is 14.7 Å². The van der Waals surface area contributed by atoms with Crippen LogP contribution in [0.4, 0.5) is 5.69 Å². The normalized spacial score (nSPS) is 29.8. The molecule has 0 aromatic carbocycles. The Balaban J connectivity index is 1.80. The van der Waals surface area contributed by atoms with Crippen molar-refractivity contribution in [2.75, 3.05) is 5.32 Å². The number of carboxylic acids is 1. The van der Waals surface area contributed by atoms with Crippen LogP contribution in [0.15, 0.2) is 18.3 Å². The molecule has 0 radical (unpaired) electrons. The number of carboxylic acid groups (broad SMARTS) is 1. The number of carbonyl (C=O) groups is 2. The Morgan fingerprint density at radius 2 is 2.05 bits per heavy atom. The van der Waals surface area contributed by atoms with Crippen LogP contribution in [0.5, 0.6) is 0 Å². The van der Waals surface area contributed by atoms with E-state index in [-0.39, 0.29) is 17.7 Å². The quantitative estimate of drug-likeness (QED) is 0.826. The number of nitrogens with zero attached hydrogens (tertiary/aromatic N) is 2. The summed E-state index contributed by atoms with van der Waals surface area (Å²) in [6, 6.07) is 0. The molecule has 0 unspecified atom stereocenters. The minimum absolute atomic E-state index is 0.0114. The zero-order chi connectivity index (χ0) is 15.1. The third-order valence-electron chi connectivity index (χ3n) is 4.71. The average molecular weight is 289 g/mol. The summed E-state index contributed by atoms with van der Waals surface area (Å²) in [6.45, 7) is 4.60. The molecule has 2 aliphatic carbocycles. The second-order valence-electron chi connectivity index (χ2n) is 5.79. The van der Waals surface area contributed by atoms with Crippen LogP contribution in [0.1, 0.15) is 19.0 Å². The Morgan fingerprint density at radius 1 is 1.38 bits per heavy atom. The SMILES string of the molecule is CCn1ncc(NC(=O)[C@H]2[C@@H](C(=O)O)[C@H]3C=C[C@@H]2C3)c1C. The highest BCUT2D eigenvalue weighted by Gasteiger charge is 2.51. The van der Waals surface area contributed by atoms with E-state index in [1.165, 1.54) is 0 Å². The van der Waals surface area contributed by atoms with Gasteiger partial charge in [0, 0.05) is 6.54 Å². The number of carbonyl (C=O) groups excluding carboxylic acids is 1. The largest absolute Gasteiger partial charge is 0.481 e. The number of rotatable bonds is 4. The molecule has 21 heavy (non-hydrogen) atoms. The summed E-state index contributed by atoms with van der Waals surface area (Å²) in [5, 5.41) is 16.4. The van der Waals surface area contributed by atoms with Crippen molar-refractivity contribution < 1.29 is 14.7 Å². The Hall–Kier alpha value is -2.11. The molecule has 0 aliphatic heterocycles. The van der Waals surface area contributed by atoms with E-state index in [0.29, 0.717) is 5.69 Å². The number of hydrogen-bond acceptors (Lipinski definition) is 3. The van der Waals surface area contributed by atoms with E-state index in [1.807, 2.05) is 26.0 Å². The lowest BCUT2D eigenvalue weighted by Gasteiger charge is -2.23. The van der Waals surface area contributed by atoms with Gasteiger partial charge < -0.3 is 10.4 Å². The zero-order valence-electron chi connectivity index (χ0n) is 12.1. The summed E-state index contributed by atoms with van der Waals surface area (Å²) in [5.41, 5.74) is 1.55. The molecular formula is C15H19N3O3. The summed E-state index contributed by atoms with van der Waals surface area (Å²) in [6.07, 6.45) is 6.31. The maximum Gasteiger partial charge on any atom is 0.307 e. The van der Waals surface area contributed by atoms with Gasteiger partial charge in [-0.05, 0) is 32.1 Å². The van der Waals surface area contributed by atoms with Gasteiger partial charge >= 0.3 is 5.97 Å². The van der Waals surface area contributed by atoms with Gasteiger partial charge in [-0.25, -0.2) is 0 Å². The fourth-order valence-corrected chi connectivity index (χ4v) is 3.62. The van der Waals surface area contributed by atoms with Crippen LogP contribution < -0.4 is 5.32 Å². The first-order chi connectivity index (χ1) is 10.0. The van der Waals surface area contributed by atoms with Gasteiger partial charge in [0.2, 0.25) is 5.91 Å². The van der Waals surface area contributed by atoms with Gasteiger partial charge in [-0.2, -0.15) is 5.10 Å². The van der Waals surface area contributed by atoms with Crippen LogP contribution in [0.25, 0.3) is 0 Å². The number of allylic oxidation sites excluding steroid dienone is 2. The van der Waals surface area contributed by atoms with E-state index >= 15 is 0 Å². The zero-order valence-corrected chi connectivity index (χ0v) is 12.1. The second-order valence-corrected chi connectivity index (χ2v) is 5.79. The van der Waals surface area contributed by atoms with Crippen molar-refractivity contribution >= 4 is 17.6 Å². The first kappa shape index (κ1) is 13.9.